The fourth-order valence-corrected chi connectivity index (χ4v) is 3.56. The van der Waals surface area contributed by atoms with Gasteiger partial charge in [0, 0.05) is 5.69 Å². The van der Waals surface area contributed by atoms with Gasteiger partial charge >= 0.3 is 0 Å². The zero-order chi connectivity index (χ0) is 20.4. The molecule has 0 atom stereocenters. The van der Waals surface area contributed by atoms with Gasteiger partial charge in [-0.3, -0.25) is 4.79 Å². The van der Waals surface area contributed by atoms with Crippen LogP contribution in [-0.4, -0.2) is 31.4 Å². The summed E-state index contributed by atoms with van der Waals surface area (Å²) in [6.45, 7) is 0. The number of hydrogen-bond acceptors (Lipinski definition) is 5. The first kappa shape index (κ1) is 19.3. The van der Waals surface area contributed by atoms with Gasteiger partial charge in [0.1, 0.15) is 23.0 Å². The van der Waals surface area contributed by atoms with E-state index in [1.54, 1.807) is 23.0 Å². The largest absolute Gasteiger partial charge is 0.325 e. The summed E-state index contributed by atoms with van der Waals surface area (Å²) in [4.78, 5) is 20.7. The second-order valence-electron chi connectivity index (χ2n) is 5.91. The van der Waals surface area contributed by atoms with Gasteiger partial charge in [-0.05, 0) is 42.5 Å². The Kier molecular flexibility index (Phi) is 5.41. The number of thioether (sulfide) groups is 1. The summed E-state index contributed by atoms with van der Waals surface area (Å²) in [5, 5.41) is 8.13. The average Bonchev–Trinajstić information content (AvgIpc) is 3.14. The van der Waals surface area contributed by atoms with Gasteiger partial charge in [0.15, 0.2) is 5.65 Å². The van der Waals surface area contributed by atoms with Gasteiger partial charge in [-0.2, -0.15) is 5.10 Å². The van der Waals surface area contributed by atoms with E-state index in [1.807, 2.05) is 0 Å². The van der Waals surface area contributed by atoms with E-state index in [1.165, 1.54) is 48.4 Å². The lowest BCUT2D eigenvalue weighted by atomic mass is 10.3. The number of amides is 1. The highest BCUT2D eigenvalue weighted by atomic mass is 35.5. The number of carbonyl (C=O) groups is 1. The van der Waals surface area contributed by atoms with Gasteiger partial charge in [0.25, 0.3) is 0 Å². The molecule has 2 aromatic carbocycles. The Morgan fingerprint density at radius 3 is 2.69 bits per heavy atom. The first-order valence-electron chi connectivity index (χ1n) is 8.33. The van der Waals surface area contributed by atoms with Gasteiger partial charge in [0.05, 0.1) is 28.0 Å². The number of aromatic nitrogens is 4. The average molecular weight is 432 g/mol. The monoisotopic (exact) mass is 431 g/mol. The molecule has 0 aliphatic carbocycles. The molecule has 0 spiro atoms. The van der Waals surface area contributed by atoms with Crippen LogP contribution in [0.25, 0.3) is 16.7 Å². The number of benzene rings is 2. The van der Waals surface area contributed by atoms with E-state index in [2.05, 4.69) is 20.4 Å². The van der Waals surface area contributed by atoms with Gasteiger partial charge < -0.3 is 5.32 Å². The summed E-state index contributed by atoms with van der Waals surface area (Å²) in [6, 6.07) is 9.82. The maximum Gasteiger partial charge on any atom is 0.234 e. The van der Waals surface area contributed by atoms with E-state index in [-0.39, 0.29) is 22.5 Å². The van der Waals surface area contributed by atoms with Crippen molar-refractivity contribution in [3.05, 3.63) is 71.6 Å². The van der Waals surface area contributed by atoms with Gasteiger partial charge in [0.2, 0.25) is 5.91 Å². The van der Waals surface area contributed by atoms with Crippen LogP contribution in [0.15, 0.2) is 60.0 Å². The molecule has 4 aromatic rings. The van der Waals surface area contributed by atoms with Crippen molar-refractivity contribution in [3.63, 3.8) is 0 Å². The number of fused-ring (bicyclic) bond motifs is 1. The first-order valence-corrected chi connectivity index (χ1v) is 9.70. The Bertz CT molecular complexity index is 1200. The molecule has 4 rings (SSSR count). The SMILES string of the molecule is O=C(CSc1ncnc2c1cnn2-c1ccc(F)cc1)Nc1ccc(F)c(Cl)c1. The van der Waals surface area contributed by atoms with Gasteiger partial charge in [-0.15, -0.1) is 0 Å². The molecule has 0 fully saturated rings. The van der Waals surface area contributed by atoms with Gasteiger partial charge in [-0.25, -0.2) is 23.4 Å². The topological polar surface area (TPSA) is 72.7 Å². The second-order valence-corrected chi connectivity index (χ2v) is 7.29. The number of nitrogens with one attached hydrogen (secondary N) is 1. The lowest BCUT2D eigenvalue weighted by Crippen LogP contribution is -2.14. The molecule has 0 radical (unpaired) electrons. The summed E-state index contributed by atoms with van der Waals surface area (Å²) in [7, 11) is 0. The van der Waals surface area contributed by atoms with Crippen molar-refractivity contribution in [3.8, 4) is 5.69 Å². The van der Waals surface area contributed by atoms with Crippen molar-refractivity contribution >= 4 is 46.0 Å². The van der Waals surface area contributed by atoms with E-state index in [9.17, 15) is 13.6 Å². The highest BCUT2D eigenvalue weighted by molar-refractivity contribution is 8.00. The maximum atomic E-state index is 13.2. The Morgan fingerprint density at radius 2 is 1.93 bits per heavy atom. The van der Waals surface area contributed by atoms with Crippen LogP contribution in [0.2, 0.25) is 5.02 Å². The number of hydrogen-bond donors (Lipinski definition) is 1. The summed E-state index contributed by atoms with van der Waals surface area (Å²) in [5.41, 5.74) is 1.60. The number of anilines is 1. The molecule has 1 amide bonds. The molecule has 0 saturated carbocycles. The van der Waals surface area contributed by atoms with Crippen molar-refractivity contribution in [1.82, 2.24) is 19.7 Å². The predicted octanol–water partition coefficient (Wildman–Crippen LogP) is 4.48. The quantitative estimate of drug-likeness (QED) is 0.372. The highest BCUT2D eigenvalue weighted by Gasteiger charge is 2.13. The maximum absolute atomic E-state index is 13.2. The summed E-state index contributed by atoms with van der Waals surface area (Å²) < 4.78 is 27.9. The Morgan fingerprint density at radius 1 is 1.14 bits per heavy atom. The van der Waals surface area contributed by atoms with Crippen LogP contribution in [0, 0.1) is 11.6 Å². The van der Waals surface area contributed by atoms with Crippen LogP contribution in [0.4, 0.5) is 14.5 Å². The standard InChI is InChI=1S/C19H12ClF2N5OS/c20-15-7-12(3-6-16(15)22)26-17(28)9-29-19-14-8-25-27(18(14)23-10-24-19)13-4-1-11(21)2-5-13/h1-8,10H,9H2,(H,26,28). The van der Waals surface area contributed by atoms with Crippen LogP contribution in [0.1, 0.15) is 0 Å². The van der Waals surface area contributed by atoms with Crippen LogP contribution in [0.5, 0.6) is 0 Å². The third kappa shape index (κ3) is 4.20. The molecular formula is C19H12ClF2N5OS. The number of carbonyl (C=O) groups excluding carboxylic acids is 1. The fourth-order valence-electron chi connectivity index (χ4n) is 2.61. The van der Waals surface area contributed by atoms with E-state index in [4.69, 9.17) is 11.6 Å². The van der Waals surface area contributed by atoms with Crippen LogP contribution >= 0.6 is 23.4 Å². The lowest BCUT2D eigenvalue weighted by molar-refractivity contribution is -0.113. The van der Waals surface area contributed by atoms with E-state index in [0.29, 0.717) is 27.4 Å². The van der Waals surface area contributed by atoms with Crippen molar-refractivity contribution < 1.29 is 13.6 Å². The molecule has 0 saturated heterocycles. The van der Waals surface area contributed by atoms with E-state index in [0.717, 1.165) is 0 Å². The minimum atomic E-state index is -0.555. The summed E-state index contributed by atoms with van der Waals surface area (Å²) in [6.07, 6.45) is 2.97. The fraction of sp³-hybridized carbons (Fsp3) is 0.0526. The van der Waals surface area contributed by atoms with Crippen LogP contribution in [-0.2, 0) is 4.79 Å². The molecule has 1 N–H and O–H groups in total. The third-order valence-corrected chi connectivity index (χ3v) is 5.24. The van der Waals surface area contributed by atoms with Crippen LogP contribution in [0.3, 0.4) is 0 Å². The lowest BCUT2D eigenvalue weighted by Gasteiger charge is -2.06. The minimum absolute atomic E-state index is 0.0684. The Labute approximate surface area is 172 Å². The van der Waals surface area contributed by atoms with Crippen LogP contribution < -0.4 is 5.32 Å². The molecule has 6 nitrogen and oxygen atoms in total. The molecule has 146 valence electrons. The van der Waals surface area contributed by atoms with Crippen molar-refractivity contribution in [2.45, 2.75) is 5.03 Å². The van der Waals surface area contributed by atoms with E-state index >= 15 is 0 Å². The molecule has 2 aromatic heterocycles. The van der Waals surface area contributed by atoms with Crippen molar-refractivity contribution in [2.24, 2.45) is 0 Å². The summed E-state index contributed by atoms with van der Waals surface area (Å²) in [5.74, 6) is -1.12. The van der Waals surface area contributed by atoms with Crippen molar-refractivity contribution in [2.75, 3.05) is 11.1 Å². The predicted molar refractivity (Wildman–Crippen MR) is 107 cm³/mol. The molecule has 29 heavy (non-hydrogen) atoms. The molecule has 0 unspecified atom stereocenters. The minimum Gasteiger partial charge on any atom is -0.325 e. The molecule has 2 heterocycles. The molecule has 0 aliphatic rings. The smallest absolute Gasteiger partial charge is 0.234 e. The molecule has 10 heteroatoms. The second kappa shape index (κ2) is 8.14. The first-order chi connectivity index (χ1) is 14.0. The number of halogens is 3. The molecule has 0 bridgehead atoms. The Hall–Kier alpha value is -3.04. The molecular weight excluding hydrogens is 420 g/mol. The highest BCUT2D eigenvalue weighted by Crippen LogP contribution is 2.26. The van der Waals surface area contributed by atoms with Crippen molar-refractivity contribution in [1.29, 1.82) is 0 Å². The van der Waals surface area contributed by atoms with E-state index < -0.39 is 5.82 Å². The third-order valence-electron chi connectivity index (χ3n) is 3.94. The number of rotatable bonds is 5. The zero-order valence-corrected chi connectivity index (χ0v) is 16.2. The normalized spacial score (nSPS) is 11.0. The summed E-state index contributed by atoms with van der Waals surface area (Å²) >= 11 is 6.93. The Balaban J connectivity index is 1.50. The van der Waals surface area contributed by atoms with Gasteiger partial charge in [-0.1, -0.05) is 23.4 Å². The number of nitrogens with zero attached hydrogens (tertiary/aromatic N) is 4. The zero-order valence-electron chi connectivity index (χ0n) is 14.6. The molecule has 0 aliphatic heterocycles.